The monoisotopic (exact) mass is 412 g/mol. The molecule has 1 aromatic heterocycles. The van der Waals surface area contributed by atoms with E-state index in [9.17, 15) is 9.59 Å². The number of nitrogens with zero attached hydrogens (tertiary/aromatic N) is 2. The predicted octanol–water partition coefficient (Wildman–Crippen LogP) is 3.60. The Bertz CT molecular complexity index is 816. The minimum Gasteiger partial charge on any atom is -0.465 e. The van der Waals surface area contributed by atoms with Gasteiger partial charge in [-0.25, -0.2) is 0 Å². The van der Waals surface area contributed by atoms with Gasteiger partial charge >= 0.3 is 5.97 Å². The van der Waals surface area contributed by atoms with Crippen LogP contribution in [-0.4, -0.2) is 54.0 Å². The summed E-state index contributed by atoms with van der Waals surface area (Å²) in [5.41, 5.74) is 1.16. The topological polar surface area (TPSA) is 63.0 Å². The third-order valence-corrected chi connectivity index (χ3v) is 4.89. The molecule has 6 heteroatoms. The number of ether oxygens (including phenoxy) is 1. The molecule has 2 rings (SSSR count). The van der Waals surface area contributed by atoms with Crippen LogP contribution in [-0.2, 0) is 27.3 Å². The van der Waals surface area contributed by atoms with Gasteiger partial charge in [-0.15, -0.1) is 6.58 Å². The molecule has 0 aliphatic rings. The molecule has 0 aliphatic heterocycles. The lowest BCUT2D eigenvalue weighted by atomic mass is 10.1. The molecule has 6 nitrogen and oxygen atoms in total. The molecule has 0 aliphatic carbocycles. The van der Waals surface area contributed by atoms with Gasteiger partial charge in [0, 0.05) is 13.1 Å². The molecule has 1 aromatic carbocycles. The Hall–Kier alpha value is -2.86. The van der Waals surface area contributed by atoms with Crippen molar-refractivity contribution in [1.82, 2.24) is 9.80 Å². The number of benzene rings is 1. The first-order valence-corrected chi connectivity index (χ1v) is 10.3. The van der Waals surface area contributed by atoms with Gasteiger partial charge in [0.05, 0.1) is 19.7 Å². The Labute approximate surface area is 179 Å². The zero-order valence-corrected chi connectivity index (χ0v) is 18.2. The summed E-state index contributed by atoms with van der Waals surface area (Å²) in [6, 6.07) is 13.3. The number of hydrogen-bond acceptors (Lipinski definition) is 5. The van der Waals surface area contributed by atoms with Crippen LogP contribution >= 0.6 is 0 Å². The quantitative estimate of drug-likeness (QED) is 0.394. The predicted molar refractivity (Wildman–Crippen MR) is 117 cm³/mol. The van der Waals surface area contributed by atoms with Crippen molar-refractivity contribution in [2.24, 2.45) is 0 Å². The van der Waals surface area contributed by atoms with E-state index in [1.807, 2.05) is 49.4 Å². The second-order valence-corrected chi connectivity index (χ2v) is 7.21. The number of aryl methyl sites for hydroxylation is 1. The number of hydrogen-bond donors (Lipinski definition) is 0. The molecule has 162 valence electrons. The molecule has 0 saturated carbocycles. The van der Waals surface area contributed by atoms with Crippen LogP contribution in [0, 0.1) is 6.92 Å². The normalized spacial score (nSPS) is 11.9. The van der Waals surface area contributed by atoms with E-state index < -0.39 is 6.04 Å². The van der Waals surface area contributed by atoms with Gasteiger partial charge in [-0.3, -0.25) is 14.5 Å². The lowest BCUT2D eigenvalue weighted by molar-refractivity contribution is -0.149. The highest BCUT2D eigenvalue weighted by molar-refractivity contribution is 5.80. The third-order valence-electron chi connectivity index (χ3n) is 4.89. The standard InChI is InChI=1S/C24H32N2O4/c1-5-15-25(20(4)24(28)29-6-2)18-23(27)26(17-22-13-12-19(3)30-22)16-14-21-10-8-7-9-11-21/h5,7-13,20H,1,6,14-18H2,2-4H3/t20-/m0/s1. The van der Waals surface area contributed by atoms with Crippen LogP contribution in [0.2, 0.25) is 0 Å². The Morgan fingerprint density at radius 1 is 1.20 bits per heavy atom. The maximum atomic E-state index is 13.2. The first kappa shape index (κ1) is 23.4. The van der Waals surface area contributed by atoms with Crippen LogP contribution in [0.15, 0.2) is 59.5 Å². The molecule has 30 heavy (non-hydrogen) atoms. The second-order valence-electron chi connectivity index (χ2n) is 7.21. The van der Waals surface area contributed by atoms with Gasteiger partial charge in [0.1, 0.15) is 17.6 Å². The molecule has 0 bridgehead atoms. The van der Waals surface area contributed by atoms with E-state index in [4.69, 9.17) is 9.15 Å². The molecule has 1 atom stereocenters. The smallest absolute Gasteiger partial charge is 0.323 e. The molecule has 0 spiro atoms. The summed E-state index contributed by atoms with van der Waals surface area (Å²) in [5.74, 6) is 1.13. The van der Waals surface area contributed by atoms with Crippen LogP contribution in [0.5, 0.6) is 0 Å². The van der Waals surface area contributed by atoms with Crippen molar-refractivity contribution in [2.45, 2.75) is 39.8 Å². The van der Waals surface area contributed by atoms with Gasteiger partial charge in [0.2, 0.25) is 5.91 Å². The minimum absolute atomic E-state index is 0.0713. The first-order valence-electron chi connectivity index (χ1n) is 10.3. The van der Waals surface area contributed by atoms with Gasteiger partial charge in [-0.1, -0.05) is 36.4 Å². The number of carbonyl (C=O) groups is 2. The zero-order valence-electron chi connectivity index (χ0n) is 18.2. The van der Waals surface area contributed by atoms with Gasteiger partial charge in [-0.2, -0.15) is 0 Å². The Morgan fingerprint density at radius 2 is 1.93 bits per heavy atom. The van der Waals surface area contributed by atoms with Crippen LogP contribution in [0.3, 0.4) is 0 Å². The van der Waals surface area contributed by atoms with Crippen molar-refractivity contribution >= 4 is 11.9 Å². The summed E-state index contributed by atoms with van der Waals surface area (Å²) in [5, 5.41) is 0. The van der Waals surface area contributed by atoms with E-state index in [1.165, 1.54) is 0 Å². The third kappa shape index (κ3) is 7.19. The summed E-state index contributed by atoms with van der Waals surface area (Å²) in [6.07, 6.45) is 2.42. The van der Waals surface area contributed by atoms with Crippen LogP contribution in [0.1, 0.15) is 30.9 Å². The molecule has 0 saturated heterocycles. The highest BCUT2D eigenvalue weighted by Gasteiger charge is 2.26. The summed E-state index contributed by atoms with van der Waals surface area (Å²) < 4.78 is 10.8. The SMILES string of the molecule is C=CCN(CC(=O)N(CCc1ccccc1)Cc1ccc(C)o1)[C@@H](C)C(=O)OCC. The zero-order chi connectivity index (χ0) is 21.9. The second kappa shape index (κ2) is 12.0. The highest BCUT2D eigenvalue weighted by Crippen LogP contribution is 2.13. The van der Waals surface area contributed by atoms with Crippen molar-refractivity contribution in [1.29, 1.82) is 0 Å². The molecule has 1 heterocycles. The van der Waals surface area contributed by atoms with Crippen molar-refractivity contribution in [3.8, 4) is 0 Å². The minimum atomic E-state index is -0.534. The molecule has 1 amide bonds. The Kier molecular flexibility index (Phi) is 9.35. The summed E-state index contributed by atoms with van der Waals surface area (Å²) in [4.78, 5) is 28.9. The number of esters is 1. The molecule has 0 N–H and O–H groups in total. The van der Waals surface area contributed by atoms with Gasteiger partial charge < -0.3 is 14.1 Å². The van der Waals surface area contributed by atoms with Crippen molar-refractivity contribution in [2.75, 3.05) is 26.2 Å². The van der Waals surface area contributed by atoms with E-state index in [2.05, 4.69) is 6.58 Å². The Morgan fingerprint density at radius 3 is 2.53 bits per heavy atom. The summed E-state index contributed by atoms with van der Waals surface area (Å²) >= 11 is 0. The average Bonchev–Trinajstić information content (AvgIpc) is 3.15. The maximum absolute atomic E-state index is 13.2. The molecular formula is C24H32N2O4. The number of furan rings is 1. The molecule has 0 radical (unpaired) electrons. The van der Waals surface area contributed by atoms with E-state index >= 15 is 0 Å². The van der Waals surface area contributed by atoms with Gasteiger partial charge in [0.25, 0.3) is 0 Å². The number of carbonyl (C=O) groups excluding carboxylic acids is 2. The number of rotatable bonds is 12. The fourth-order valence-corrected chi connectivity index (χ4v) is 3.17. The van der Waals surface area contributed by atoms with E-state index in [0.29, 0.717) is 26.2 Å². The lowest BCUT2D eigenvalue weighted by Gasteiger charge is -2.29. The van der Waals surface area contributed by atoms with Crippen LogP contribution in [0.25, 0.3) is 0 Å². The van der Waals surface area contributed by atoms with Crippen LogP contribution < -0.4 is 0 Å². The fourth-order valence-electron chi connectivity index (χ4n) is 3.17. The molecule has 0 fully saturated rings. The average molecular weight is 413 g/mol. The number of amides is 1. The molecular weight excluding hydrogens is 380 g/mol. The largest absolute Gasteiger partial charge is 0.465 e. The van der Waals surface area contributed by atoms with E-state index in [0.717, 1.165) is 23.5 Å². The van der Waals surface area contributed by atoms with E-state index in [1.54, 1.807) is 29.7 Å². The van der Waals surface area contributed by atoms with Crippen LogP contribution in [0.4, 0.5) is 0 Å². The van der Waals surface area contributed by atoms with E-state index in [-0.39, 0.29) is 18.4 Å². The van der Waals surface area contributed by atoms with Crippen molar-refractivity contribution < 1.29 is 18.7 Å². The first-order chi connectivity index (χ1) is 14.4. The molecule has 0 unspecified atom stereocenters. The molecule has 2 aromatic rings. The summed E-state index contributed by atoms with van der Waals surface area (Å²) in [6.45, 7) is 10.9. The Balaban J connectivity index is 2.11. The van der Waals surface area contributed by atoms with Gasteiger partial charge in [-0.05, 0) is 44.9 Å². The van der Waals surface area contributed by atoms with Crippen molar-refractivity contribution in [3.63, 3.8) is 0 Å². The van der Waals surface area contributed by atoms with Crippen molar-refractivity contribution in [3.05, 3.63) is 72.2 Å². The van der Waals surface area contributed by atoms with Gasteiger partial charge in [0.15, 0.2) is 0 Å². The maximum Gasteiger partial charge on any atom is 0.323 e. The lowest BCUT2D eigenvalue weighted by Crippen LogP contribution is -2.47. The fraction of sp³-hybridized carbons (Fsp3) is 0.417. The summed E-state index contributed by atoms with van der Waals surface area (Å²) in [7, 11) is 0. The highest BCUT2D eigenvalue weighted by atomic mass is 16.5.